The SMILES string of the molecule is C=C(C)C(=O)OCCOc1ccc(C(=O)Cl)c(O)c1. The zero-order valence-corrected chi connectivity index (χ0v) is 11.1. The zero-order valence-electron chi connectivity index (χ0n) is 10.3. The van der Waals surface area contributed by atoms with Gasteiger partial charge in [-0.2, -0.15) is 0 Å². The number of aromatic hydroxyl groups is 1. The van der Waals surface area contributed by atoms with Crippen LogP contribution in [0.5, 0.6) is 11.5 Å². The van der Waals surface area contributed by atoms with Crippen LogP contribution in [-0.2, 0) is 9.53 Å². The van der Waals surface area contributed by atoms with E-state index in [1.807, 2.05) is 0 Å². The van der Waals surface area contributed by atoms with Gasteiger partial charge < -0.3 is 14.6 Å². The molecule has 1 N–H and O–H groups in total. The number of hydrogen-bond acceptors (Lipinski definition) is 5. The molecule has 0 aromatic heterocycles. The van der Waals surface area contributed by atoms with Crippen LogP contribution < -0.4 is 4.74 Å². The molecule has 0 saturated carbocycles. The Bertz CT molecular complexity index is 510. The van der Waals surface area contributed by atoms with Crippen molar-refractivity contribution >= 4 is 22.8 Å². The molecule has 0 fully saturated rings. The van der Waals surface area contributed by atoms with Crippen molar-refractivity contribution in [3.05, 3.63) is 35.9 Å². The van der Waals surface area contributed by atoms with Gasteiger partial charge in [0.2, 0.25) is 0 Å². The van der Waals surface area contributed by atoms with E-state index in [0.29, 0.717) is 11.3 Å². The Morgan fingerprint density at radius 2 is 2.05 bits per heavy atom. The van der Waals surface area contributed by atoms with Crippen molar-refractivity contribution in [1.29, 1.82) is 0 Å². The fourth-order valence-corrected chi connectivity index (χ4v) is 1.34. The Labute approximate surface area is 115 Å². The van der Waals surface area contributed by atoms with E-state index in [9.17, 15) is 14.7 Å². The fraction of sp³-hybridized carbons (Fsp3) is 0.231. The third-order valence-corrected chi connectivity index (χ3v) is 2.32. The minimum atomic E-state index is -0.751. The molecule has 1 aromatic carbocycles. The van der Waals surface area contributed by atoms with Gasteiger partial charge in [0, 0.05) is 11.6 Å². The molecule has 0 aliphatic carbocycles. The van der Waals surface area contributed by atoms with Crippen LogP contribution in [0.15, 0.2) is 30.4 Å². The highest BCUT2D eigenvalue weighted by atomic mass is 35.5. The molecule has 102 valence electrons. The smallest absolute Gasteiger partial charge is 0.333 e. The summed E-state index contributed by atoms with van der Waals surface area (Å²) in [7, 11) is 0. The first-order valence-corrected chi connectivity index (χ1v) is 5.78. The molecule has 0 saturated heterocycles. The van der Waals surface area contributed by atoms with E-state index in [1.54, 1.807) is 6.92 Å². The summed E-state index contributed by atoms with van der Waals surface area (Å²) in [5.41, 5.74) is 0.311. The van der Waals surface area contributed by atoms with E-state index in [2.05, 4.69) is 6.58 Å². The summed E-state index contributed by atoms with van der Waals surface area (Å²) < 4.78 is 10.0. The predicted octanol–water partition coefficient (Wildman–Crippen LogP) is 2.27. The number of halogens is 1. The molecule has 0 heterocycles. The Hall–Kier alpha value is -2.01. The van der Waals surface area contributed by atoms with Crippen molar-refractivity contribution in [3.63, 3.8) is 0 Å². The molecule has 0 aliphatic heterocycles. The standard InChI is InChI=1S/C13H13ClO5/c1-8(2)13(17)19-6-5-18-9-3-4-10(12(14)16)11(15)7-9/h3-4,7,15H,1,5-6H2,2H3. The first-order chi connectivity index (χ1) is 8.91. The number of phenolic OH excluding ortho intramolecular Hbond substituents is 1. The summed E-state index contributed by atoms with van der Waals surface area (Å²) in [5.74, 6) is -0.420. The Morgan fingerprint density at radius 1 is 1.37 bits per heavy atom. The first-order valence-electron chi connectivity index (χ1n) is 5.40. The second-order valence-electron chi connectivity index (χ2n) is 3.72. The minimum Gasteiger partial charge on any atom is -0.507 e. The predicted molar refractivity (Wildman–Crippen MR) is 69.6 cm³/mol. The van der Waals surface area contributed by atoms with Crippen molar-refractivity contribution in [1.82, 2.24) is 0 Å². The molecule has 5 nitrogen and oxygen atoms in total. The van der Waals surface area contributed by atoms with Crippen LogP contribution in [0.25, 0.3) is 0 Å². The normalized spacial score (nSPS) is 9.79. The number of phenols is 1. The lowest BCUT2D eigenvalue weighted by Crippen LogP contribution is -2.12. The van der Waals surface area contributed by atoms with Gasteiger partial charge in [-0.1, -0.05) is 6.58 Å². The maximum Gasteiger partial charge on any atom is 0.333 e. The van der Waals surface area contributed by atoms with Crippen molar-refractivity contribution in [3.8, 4) is 11.5 Å². The summed E-state index contributed by atoms with van der Waals surface area (Å²) in [6.07, 6.45) is 0. The van der Waals surface area contributed by atoms with Gasteiger partial charge >= 0.3 is 5.97 Å². The molecule has 6 heteroatoms. The zero-order chi connectivity index (χ0) is 14.4. The van der Waals surface area contributed by atoms with E-state index >= 15 is 0 Å². The number of esters is 1. The molecule has 0 radical (unpaired) electrons. The maximum atomic E-state index is 11.1. The topological polar surface area (TPSA) is 72.8 Å². The van der Waals surface area contributed by atoms with Crippen LogP contribution in [0.1, 0.15) is 17.3 Å². The van der Waals surface area contributed by atoms with Gasteiger partial charge in [0.05, 0.1) is 5.56 Å². The van der Waals surface area contributed by atoms with Crippen LogP contribution >= 0.6 is 11.6 Å². The highest BCUT2D eigenvalue weighted by Crippen LogP contribution is 2.24. The van der Waals surface area contributed by atoms with Crippen molar-refractivity contribution in [2.45, 2.75) is 6.92 Å². The summed E-state index contributed by atoms with van der Waals surface area (Å²) in [4.78, 5) is 21.9. The second-order valence-corrected chi connectivity index (χ2v) is 4.06. The number of benzene rings is 1. The number of carbonyl (C=O) groups is 2. The molecule has 0 amide bonds. The van der Waals surface area contributed by atoms with Gasteiger partial charge in [0.15, 0.2) is 0 Å². The highest BCUT2D eigenvalue weighted by Gasteiger charge is 2.09. The molecule has 0 unspecified atom stereocenters. The molecule has 0 atom stereocenters. The lowest BCUT2D eigenvalue weighted by atomic mass is 10.2. The monoisotopic (exact) mass is 284 g/mol. The highest BCUT2D eigenvalue weighted by molar-refractivity contribution is 6.68. The van der Waals surface area contributed by atoms with E-state index in [-0.39, 0.29) is 24.5 Å². The Balaban J connectivity index is 2.46. The molecule has 19 heavy (non-hydrogen) atoms. The van der Waals surface area contributed by atoms with Gasteiger partial charge in [0.25, 0.3) is 5.24 Å². The largest absolute Gasteiger partial charge is 0.507 e. The fourth-order valence-electron chi connectivity index (χ4n) is 1.18. The first kappa shape index (κ1) is 15.0. The van der Waals surface area contributed by atoms with Crippen LogP contribution in [0.4, 0.5) is 0 Å². The third-order valence-electron chi connectivity index (χ3n) is 2.11. The van der Waals surface area contributed by atoms with E-state index < -0.39 is 11.2 Å². The van der Waals surface area contributed by atoms with E-state index in [1.165, 1.54) is 18.2 Å². The lowest BCUT2D eigenvalue weighted by Gasteiger charge is -2.08. The third kappa shape index (κ3) is 4.63. The quantitative estimate of drug-likeness (QED) is 0.375. The van der Waals surface area contributed by atoms with E-state index in [0.717, 1.165) is 0 Å². The Morgan fingerprint density at radius 3 is 2.58 bits per heavy atom. The average molecular weight is 285 g/mol. The molecular formula is C13H13ClO5. The van der Waals surface area contributed by atoms with Crippen molar-refractivity contribution in [2.75, 3.05) is 13.2 Å². The molecule has 1 rings (SSSR count). The van der Waals surface area contributed by atoms with E-state index in [4.69, 9.17) is 21.1 Å². The van der Waals surface area contributed by atoms with Crippen LogP contribution in [0.2, 0.25) is 0 Å². The van der Waals surface area contributed by atoms with Crippen LogP contribution in [0, 0.1) is 0 Å². The summed E-state index contributed by atoms with van der Waals surface area (Å²) in [6.45, 7) is 5.16. The molecule has 0 bridgehead atoms. The van der Waals surface area contributed by atoms with Crippen molar-refractivity contribution < 1.29 is 24.2 Å². The van der Waals surface area contributed by atoms with Gasteiger partial charge in [-0.05, 0) is 30.7 Å². The van der Waals surface area contributed by atoms with Gasteiger partial charge in [-0.25, -0.2) is 4.79 Å². The minimum absolute atomic E-state index is 0.00252. The molecule has 0 spiro atoms. The lowest BCUT2D eigenvalue weighted by molar-refractivity contribution is -0.139. The summed E-state index contributed by atoms with van der Waals surface area (Å²) in [6, 6.07) is 4.09. The van der Waals surface area contributed by atoms with Gasteiger partial charge in [0.1, 0.15) is 24.7 Å². The van der Waals surface area contributed by atoms with Gasteiger partial charge in [-0.15, -0.1) is 0 Å². The maximum absolute atomic E-state index is 11.1. The number of rotatable bonds is 6. The second kappa shape index (κ2) is 6.80. The number of hydrogen-bond donors (Lipinski definition) is 1. The van der Waals surface area contributed by atoms with Crippen LogP contribution in [0.3, 0.4) is 0 Å². The van der Waals surface area contributed by atoms with Crippen molar-refractivity contribution in [2.24, 2.45) is 0 Å². The number of ether oxygens (including phenoxy) is 2. The summed E-state index contributed by atoms with van der Waals surface area (Å²) >= 11 is 5.25. The van der Waals surface area contributed by atoms with Gasteiger partial charge in [-0.3, -0.25) is 4.79 Å². The average Bonchev–Trinajstić information content (AvgIpc) is 2.33. The molecular weight excluding hydrogens is 272 g/mol. The molecule has 0 aliphatic rings. The molecule has 1 aromatic rings. The Kier molecular flexibility index (Phi) is 5.38. The summed E-state index contributed by atoms with van der Waals surface area (Å²) in [5, 5.41) is 8.75. The number of carbonyl (C=O) groups excluding carboxylic acids is 2. The van der Waals surface area contributed by atoms with Crippen LogP contribution in [-0.4, -0.2) is 29.5 Å².